The Morgan fingerprint density at radius 3 is 2.69 bits per heavy atom. The standard InChI is InChI=1S/C18H17ClFNO3S2/c1-23-16-8-11(18-25-6-7-26-18)2-5-15(16)24-10-17(22)21-14-4-3-12(20)9-13(14)19/h2-5,8-9,18H,6-7,10H2,1H3,(H,21,22). The number of rotatable bonds is 6. The highest BCUT2D eigenvalue weighted by atomic mass is 35.5. The van der Waals surface area contributed by atoms with Crippen molar-refractivity contribution in [2.45, 2.75) is 4.58 Å². The molecule has 1 aliphatic rings. The molecule has 0 bridgehead atoms. The highest BCUT2D eigenvalue weighted by Gasteiger charge is 2.20. The molecule has 3 rings (SSSR count). The van der Waals surface area contributed by atoms with Crippen molar-refractivity contribution in [3.63, 3.8) is 0 Å². The van der Waals surface area contributed by atoms with Crippen molar-refractivity contribution in [3.8, 4) is 11.5 Å². The van der Waals surface area contributed by atoms with Crippen molar-refractivity contribution < 1.29 is 18.7 Å². The number of hydrogen-bond donors (Lipinski definition) is 1. The molecule has 1 fully saturated rings. The summed E-state index contributed by atoms with van der Waals surface area (Å²) in [5.74, 6) is 2.50. The Morgan fingerprint density at radius 2 is 2.00 bits per heavy atom. The van der Waals surface area contributed by atoms with E-state index < -0.39 is 11.7 Å². The molecule has 1 heterocycles. The molecule has 8 heteroatoms. The van der Waals surface area contributed by atoms with Gasteiger partial charge in [0.1, 0.15) is 5.82 Å². The largest absolute Gasteiger partial charge is 0.493 e. The Hall–Kier alpha value is -1.57. The number of anilines is 1. The Labute approximate surface area is 164 Å². The molecule has 1 saturated heterocycles. The molecule has 1 amide bonds. The Balaban J connectivity index is 1.62. The average Bonchev–Trinajstić information content (AvgIpc) is 3.17. The van der Waals surface area contributed by atoms with E-state index >= 15 is 0 Å². The molecule has 0 atom stereocenters. The van der Waals surface area contributed by atoms with Crippen molar-refractivity contribution in [3.05, 3.63) is 52.8 Å². The third-order valence-electron chi connectivity index (χ3n) is 3.65. The first-order valence-electron chi connectivity index (χ1n) is 7.85. The molecule has 0 unspecified atom stereocenters. The molecular formula is C18H17ClFNO3S2. The molecular weight excluding hydrogens is 397 g/mol. The zero-order valence-electron chi connectivity index (χ0n) is 14.0. The van der Waals surface area contributed by atoms with Gasteiger partial charge in [-0.3, -0.25) is 4.79 Å². The quantitative estimate of drug-likeness (QED) is 0.723. The van der Waals surface area contributed by atoms with Crippen LogP contribution in [0.2, 0.25) is 5.02 Å². The summed E-state index contributed by atoms with van der Waals surface area (Å²) >= 11 is 9.71. The molecule has 0 radical (unpaired) electrons. The van der Waals surface area contributed by atoms with Gasteiger partial charge in [0.05, 0.1) is 22.4 Å². The van der Waals surface area contributed by atoms with Crippen LogP contribution in [0.4, 0.5) is 10.1 Å². The van der Waals surface area contributed by atoms with E-state index in [-0.39, 0.29) is 11.6 Å². The van der Waals surface area contributed by atoms with Crippen LogP contribution in [0.1, 0.15) is 10.1 Å². The number of benzene rings is 2. The summed E-state index contributed by atoms with van der Waals surface area (Å²) < 4.78 is 24.4. The van der Waals surface area contributed by atoms with Gasteiger partial charge in [0.2, 0.25) is 0 Å². The SMILES string of the molecule is COc1cc(C2SCCS2)ccc1OCC(=O)Nc1ccc(F)cc1Cl. The molecule has 2 aromatic carbocycles. The Morgan fingerprint density at radius 1 is 1.23 bits per heavy atom. The number of ether oxygens (including phenoxy) is 2. The minimum absolute atomic E-state index is 0.131. The van der Waals surface area contributed by atoms with E-state index in [9.17, 15) is 9.18 Å². The molecule has 138 valence electrons. The van der Waals surface area contributed by atoms with Crippen LogP contribution in [0.15, 0.2) is 36.4 Å². The van der Waals surface area contributed by atoms with Crippen LogP contribution in [-0.2, 0) is 4.79 Å². The molecule has 0 aliphatic carbocycles. The number of nitrogens with one attached hydrogen (secondary N) is 1. The average molecular weight is 414 g/mol. The normalized spacial score (nSPS) is 14.3. The summed E-state index contributed by atoms with van der Waals surface area (Å²) in [6.07, 6.45) is 0. The van der Waals surface area contributed by atoms with Gasteiger partial charge in [-0.25, -0.2) is 4.39 Å². The van der Waals surface area contributed by atoms with Crippen molar-refractivity contribution >= 4 is 46.7 Å². The van der Waals surface area contributed by atoms with E-state index in [1.165, 1.54) is 17.7 Å². The molecule has 26 heavy (non-hydrogen) atoms. The first-order valence-corrected chi connectivity index (χ1v) is 10.3. The van der Waals surface area contributed by atoms with Crippen molar-refractivity contribution in [2.24, 2.45) is 0 Å². The second-order valence-electron chi connectivity index (χ2n) is 5.44. The lowest BCUT2D eigenvalue weighted by Crippen LogP contribution is -2.20. The molecule has 2 aromatic rings. The smallest absolute Gasteiger partial charge is 0.262 e. The zero-order chi connectivity index (χ0) is 18.5. The van der Waals surface area contributed by atoms with Crippen LogP contribution >= 0.6 is 35.1 Å². The van der Waals surface area contributed by atoms with Gasteiger partial charge in [-0.05, 0) is 35.9 Å². The third-order valence-corrected chi connectivity index (χ3v) is 7.06. The van der Waals surface area contributed by atoms with Crippen LogP contribution in [0.25, 0.3) is 0 Å². The predicted octanol–water partition coefficient (Wildman–Crippen LogP) is 4.98. The monoisotopic (exact) mass is 413 g/mol. The van der Waals surface area contributed by atoms with Crippen molar-refractivity contribution in [1.29, 1.82) is 0 Å². The van der Waals surface area contributed by atoms with Crippen molar-refractivity contribution in [1.82, 2.24) is 0 Å². The Kier molecular flexibility index (Phi) is 6.56. The van der Waals surface area contributed by atoms with E-state index in [4.69, 9.17) is 21.1 Å². The fourth-order valence-corrected chi connectivity index (χ4v) is 5.47. The second kappa shape index (κ2) is 8.88. The van der Waals surface area contributed by atoms with E-state index in [1.54, 1.807) is 7.11 Å². The highest BCUT2D eigenvalue weighted by Crippen LogP contribution is 2.46. The molecule has 4 nitrogen and oxygen atoms in total. The maximum Gasteiger partial charge on any atom is 0.262 e. The van der Waals surface area contributed by atoms with Crippen LogP contribution in [-0.4, -0.2) is 31.1 Å². The van der Waals surface area contributed by atoms with Gasteiger partial charge in [0.15, 0.2) is 18.1 Å². The van der Waals surface area contributed by atoms with Gasteiger partial charge in [-0.15, -0.1) is 23.5 Å². The minimum Gasteiger partial charge on any atom is -0.493 e. The molecule has 1 N–H and O–H groups in total. The molecule has 1 aliphatic heterocycles. The summed E-state index contributed by atoms with van der Waals surface area (Å²) in [5, 5.41) is 2.72. The first kappa shape index (κ1) is 19.2. The summed E-state index contributed by atoms with van der Waals surface area (Å²) in [5.41, 5.74) is 1.50. The van der Waals surface area contributed by atoms with Gasteiger partial charge in [-0.2, -0.15) is 0 Å². The summed E-state index contributed by atoms with van der Waals surface area (Å²) in [4.78, 5) is 12.1. The number of methoxy groups -OCH3 is 1. The fraction of sp³-hybridized carbons (Fsp3) is 0.278. The minimum atomic E-state index is -0.465. The van der Waals surface area contributed by atoms with Crippen LogP contribution in [0.5, 0.6) is 11.5 Å². The maximum absolute atomic E-state index is 13.0. The summed E-state index contributed by atoms with van der Waals surface area (Å²) in [6.45, 7) is -0.212. The lowest BCUT2D eigenvalue weighted by atomic mass is 10.2. The number of halogens is 2. The van der Waals surface area contributed by atoms with Crippen LogP contribution in [0, 0.1) is 5.82 Å². The maximum atomic E-state index is 13.0. The van der Waals surface area contributed by atoms with Crippen molar-refractivity contribution in [2.75, 3.05) is 30.5 Å². The highest BCUT2D eigenvalue weighted by molar-refractivity contribution is 8.19. The van der Waals surface area contributed by atoms with E-state index in [0.717, 1.165) is 17.6 Å². The third kappa shape index (κ3) is 4.78. The lowest BCUT2D eigenvalue weighted by Gasteiger charge is -2.14. The summed E-state index contributed by atoms with van der Waals surface area (Å²) in [7, 11) is 1.57. The second-order valence-corrected chi connectivity index (χ2v) is 8.58. The van der Waals surface area contributed by atoms with Crippen LogP contribution < -0.4 is 14.8 Å². The number of carbonyl (C=O) groups excluding carboxylic acids is 1. The molecule has 0 saturated carbocycles. The number of amides is 1. The Bertz CT molecular complexity index is 800. The van der Waals surface area contributed by atoms with E-state index in [1.807, 2.05) is 41.7 Å². The van der Waals surface area contributed by atoms with Gasteiger partial charge in [0.25, 0.3) is 5.91 Å². The first-order chi connectivity index (χ1) is 12.6. The summed E-state index contributed by atoms with van der Waals surface area (Å²) in [6, 6.07) is 9.51. The zero-order valence-corrected chi connectivity index (χ0v) is 16.3. The predicted molar refractivity (Wildman–Crippen MR) is 106 cm³/mol. The number of hydrogen-bond acceptors (Lipinski definition) is 5. The molecule has 0 spiro atoms. The fourth-order valence-electron chi connectivity index (χ4n) is 2.42. The topological polar surface area (TPSA) is 47.6 Å². The van der Waals surface area contributed by atoms with E-state index in [2.05, 4.69) is 5.32 Å². The lowest BCUT2D eigenvalue weighted by molar-refractivity contribution is -0.118. The molecule has 0 aromatic heterocycles. The van der Waals surface area contributed by atoms with Crippen LogP contribution in [0.3, 0.4) is 0 Å². The van der Waals surface area contributed by atoms with Gasteiger partial charge in [0, 0.05) is 11.5 Å². The van der Waals surface area contributed by atoms with Gasteiger partial charge >= 0.3 is 0 Å². The van der Waals surface area contributed by atoms with E-state index in [0.29, 0.717) is 21.8 Å². The number of thioether (sulfide) groups is 2. The van der Waals surface area contributed by atoms with Gasteiger partial charge in [-0.1, -0.05) is 17.7 Å². The number of carbonyl (C=O) groups is 1. The van der Waals surface area contributed by atoms with Gasteiger partial charge < -0.3 is 14.8 Å².